The molecule has 0 aliphatic rings. The van der Waals surface area contributed by atoms with E-state index in [1.165, 1.54) is 11.3 Å². The Morgan fingerprint density at radius 3 is 2.53 bits per heavy atom. The van der Waals surface area contributed by atoms with Crippen molar-refractivity contribution in [1.29, 1.82) is 0 Å². The third-order valence-electron chi connectivity index (χ3n) is 4.37. The second-order valence-corrected chi connectivity index (χ2v) is 7.57. The molecule has 1 aromatic heterocycles. The lowest BCUT2D eigenvalue weighted by Crippen LogP contribution is -2.25. The molecule has 0 aliphatic carbocycles. The highest BCUT2D eigenvalue weighted by atomic mass is 32.1. The molecule has 30 heavy (non-hydrogen) atoms. The third-order valence-corrected chi connectivity index (χ3v) is 5.05. The molecule has 0 unspecified atom stereocenters. The number of anilines is 2. The van der Waals surface area contributed by atoms with Gasteiger partial charge in [-0.3, -0.25) is 14.4 Å². The molecule has 154 valence electrons. The first-order valence-corrected chi connectivity index (χ1v) is 10.5. The van der Waals surface area contributed by atoms with Crippen LogP contribution < -0.4 is 16.0 Å². The number of carbonyl (C=O) groups excluding carboxylic acids is 3. The zero-order valence-corrected chi connectivity index (χ0v) is 17.4. The first kappa shape index (κ1) is 21.3. The number of rotatable bonds is 8. The van der Waals surface area contributed by atoms with Crippen molar-refractivity contribution in [2.24, 2.45) is 0 Å². The summed E-state index contributed by atoms with van der Waals surface area (Å²) >= 11 is 1.46. The topological polar surface area (TPSA) is 87.3 Å². The van der Waals surface area contributed by atoms with Crippen molar-refractivity contribution < 1.29 is 14.4 Å². The van der Waals surface area contributed by atoms with Crippen LogP contribution in [0, 0.1) is 6.92 Å². The standard InChI is InChI=1S/C23H23N3O3S/c1-16-6-4-7-18(14-16)25-23(29)19-8-2-3-9-20(19)26-21(27)10-5-12-24-22(28)17-11-13-30-15-17/h2-4,6-9,11,13-15H,5,10,12H2,1H3,(H,24,28)(H,25,29)(H,26,27). The normalized spacial score (nSPS) is 10.3. The summed E-state index contributed by atoms with van der Waals surface area (Å²) in [7, 11) is 0. The molecule has 2 aromatic carbocycles. The average Bonchev–Trinajstić information content (AvgIpc) is 3.26. The van der Waals surface area contributed by atoms with Crippen molar-refractivity contribution in [1.82, 2.24) is 5.32 Å². The van der Waals surface area contributed by atoms with Crippen LogP contribution in [0.1, 0.15) is 39.1 Å². The van der Waals surface area contributed by atoms with Crippen LogP contribution in [0.5, 0.6) is 0 Å². The molecule has 0 atom stereocenters. The van der Waals surface area contributed by atoms with Crippen LogP contribution in [0.25, 0.3) is 0 Å². The van der Waals surface area contributed by atoms with Crippen LogP contribution in [-0.4, -0.2) is 24.3 Å². The number of aryl methyl sites for hydroxylation is 1. The van der Waals surface area contributed by atoms with Gasteiger partial charge >= 0.3 is 0 Å². The second-order valence-electron chi connectivity index (χ2n) is 6.79. The van der Waals surface area contributed by atoms with Gasteiger partial charge in [-0.1, -0.05) is 24.3 Å². The first-order valence-electron chi connectivity index (χ1n) is 9.60. The molecule has 3 amide bonds. The van der Waals surface area contributed by atoms with Gasteiger partial charge in [-0.15, -0.1) is 0 Å². The van der Waals surface area contributed by atoms with Crippen LogP contribution in [0.4, 0.5) is 11.4 Å². The Hall–Kier alpha value is -3.45. The summed E-state index contributed by atoms with van der Waals surface area (Å²) in [5.74, 6) is -0.648. The monoisotopic (exact) mass is 421 g/mol. The van der Waals surface area contributed by atoms with Crippen molar-refractivity contribution in [2.45, 2.75) is 19.8 Å². The number of hydrogen-bond donors (Lipinski definition) is 3. The number of para-hydroxylation sites is 1. The quantitative estimate of drug-likeness (QED) is 0.469. The molecule has 0 bridgehead atoms. The molecule has 7 heteroatoms. The Bertz CT molecular complexity index is 1030. The number of nitrogens with one attached hydrogen (secondary N) is 3. The van der Waals surface area contributed by atoms with Gasteiger partial charge in [0.05, 0.1) is 11.3 Å². The van der Waals surface area contributed by atoms with Gasteiger partial charge in [0.15, 0.2) is 0 Å². The van der Waals surface area contributed by atoms with E-state index in [-0.39, 0.29) is 24.1 Å². The SMILES string of the molecule is Cc1cccc(NC(=O)c2ccccc2NC(=O)CCCNC(=O)c2ccsc2)c1. The number of benzene rings is 2. The minimum absolute atomic E-state index is 0.144. The maximum atomic E-state index is 12.7. The van der Waals surface area contributed by atoms with Crippen molar-refractivity contribution in [3.05, 3.63) is 82.0 Å². The van der Waals surface area contributed by atoms with Gasteiger partial charge in [0.2, 0.25) is 5.91 Å². The van der Waals surface area contributed by atoms with Crippen LogP contribution in [-0.2, 0) is 4.79 Å². The van der Waals surface area contributed by atoms with Gasteiger partial charge < -0.3 is 16.0 Å². The highest BCUT2D eigenvalue weighted by Crippen LogP contribution is 2.18. The largest absolute Gasteiger partial charge is 0.352 e. The maximum Gasteiger partial charge on any atom is 0.257 e. The van der Waals surface area contributed by atoms with Crippen molar-refractivity contribution in [3.63, 3.8) is 0 Å². The molecule has 0 fully saturated rings. The summed E-state index contributed by atoms with van der Waals surface area (Å²) in [6.45, 7) is 2.35. The Morgan fingerprint density at radius 2 is 1.77 bits per heavy atom. The lowest BCUT2D eigenvalue weighted by molar-refractivity contribution is -0.116. The van der Waals surface area contributed by atoms with Gasteiger partial charge in [0, 0.05) is 29.6 Å². The molecule has 0 saturated carbocycles. The number of hydrogen-bond acceptors (Lipinski definition) is 4. The van der Waals surface area contributed by atoms with Gasteiger partial charge in [0.1, 0.15) is 0 Å². The molecule has 3 aromatic rings. The van der Waals surface area contributed by atoms with Gasteiger partial charge in [-0.25, -0.2) is 0 Å². The smallest absolute Gasteiger partial charge is 0.257 e. The highest BCUT2D eigenvalue weighted by molar-refractivity contribution is 7.08. The minimum atomic E-state index is -0.292. The molecule has 6 nitrogen and oxygen atoms in total. The molecule has 1 heterocycles. The first-order chi connectivity index (χ1) is 14.5. The van der Waals surface area contributed by atoms with Crippen LogP contribution in [0.3, 0.4) is 0 Å². The van der Waals surface area contributed by atoms with E-state index in [0.717, 1.165) is 5.56 Å². The Kier molecular flexibility index (Phi) is 7.34. The molecule has 0 aliphatic heterocycles. The summed E-state index contributed by atoms with van der Waals surface area (Å²) in [5.41, 5.74) is 3.20. The highest BCUT2D eigenvalue weighted by Gasteiger charge is 2.13. The second kappa shape index (κ2) is 10.4. The molecule has 3 N–H and O–H groups in total. The average molecular weight is 422 g/mol. The van der Waals surface area contributed by atoms with E-state index in [1.54, 1.807) is 35.7 Å². The Labute approximate surface area is 179 Å². The van der Waals surface area contributed by atoms with Crippen LogP contribution in [0.2, 0.25) is 0 Å². The zero-order valence-electron chi connectivity index (χ0n) is 16.6. The van der Waals surface area contributed by atoms with E-state index in [0.29, 0.717) is 35.5 Å². The minimum Gasteiger partial charge on any atom is -0.352 e. The number of carbonyl (C=O) groups is 3. The van der Waals surface area contributed by atoms with E-state index in [1.807, 2.05) is 36.6 Å². The van der Waals surface area contributed by atoms with Crippen molar-refractivity contribution in [2.75, 3.05) is 17.2 Å². The van der Waals surface area contributed by atoms with E-state index in [4.69, 9.17) is 0 Å². The number of amides is 3. The molecule has 0 saturated heterocycles. The molecule has 3 rings (SSSR count). The molecular formula is C23H23N3O3S. The summed E-state index contributed by atoms with van der Waals surface area (Å²) in [5, 5.41) is 12.1. The molecular weight excluding hydrogens is 398 g/mol. The van der Waals surface area contributed by atoms with E-state index < -0.39 is 0 Å². The fourth-order valence-electron chi connectivity index (χ4n) is 2.87. The molecule has 0 radical (unpaired) electrons. The summed E-state index contributed by atoms with van der Waals surface area (Å²) in [6.07, 6.45) is 0.733. The van der Waals surface area contributed by atoms with Crippen molar-refractivity contribution in [3.8, 4) is 0 Å². The lowest BCUT2D eigenvalue weighted by Gasteiger charge is -2.12. The zero-order chi connectivity index (χ0) is 21.3. The molecule has 0 spiro atoms. The summed E-state index contributed by atoms with van der Waals surface area (Å²) < 4.78 is 0. The van der Waals surface area contributed by atoms with Crippen LogP contribution >= 0.6 is 11.3 Å². The van der Waals surface area contributed by atoms with E-state index >= 15 is 0 Å². The third kappa shape index (κ3) is 6.02. The maximum absolute atomic E-state index is 12.7. The van der Waals surface area contributed by atoms with E-state index in [2.05, 4.69) is 16.0 Å². The van der Waals surface area contributed by atoms with Gasteiger partial charge in [-0.2, -0.15) is 11.3 Å². The predicted molar refractivity (Wildman–Crippen MR) is 120 cm³/mol. The fraction of sp³-hybridized carbons (Fsp3) is 0.174. The van der Waals surface area contributed by atoms with Crippen molar-refractivity contribution >= 4 is 40.4 Å². The Balaban J connectivity index is 1.51. The predicted octanol–water partition coefficient (Wildman–Crippen LogP) is 4.46. The lowest BCUT2D eigenvalue weighted by atomic mass is 10.1. The summed E-state index contributed by atoms with van der Waals surface area (Å²) in [6, 6.07) is 16.2. The van der Waals surface area contributed by atoms with Gasteiger partial charge in [-0.05, 0) is 54.6 Å². The van der Waals surface area contributed by atoms with E-state index in [9.17, 15) is 14.4 Å². The summed E-state index contributed by atoms with van der Waals surface area (Å²) in [4.78, 5) is 36.9. The fourth-order valence-corrected chi connectivity index (χ4v) is 3.51. The Morgan fingerprint density at radius 1 is 0.933 bits per heavy atom. The van der Waals surface area contributed by atoms with Gasteiger partial charge in [0.25, 0.3) is 11.8 Å². The number of thiophene rings is 1. The van der Waals surface area contributed by atoms with Crippen LogP contribution in [0.15, 0.2) is 65.4 Å².